The van der Waals surface area contributed by atoms with Crippen LogP contribution in [0, 0.1) is 40.4 Å². The van der Waals surface area contributed by atoms with E-state index in [2.05, 4.69) is 13.8 Å². The third-order valence-electron chi connectivity index (χ3n) is 9.96. The highest BCUT2D eigenvalue weighted by Gasteiger charge is 2.67. The minimum Gasteiger partial charge on any atom is -0.463 e. The first-order valence-electron chi connectivity index (χ1n) is 12.2. The molecule has 0 spiro atoms. The van der Waals surface area contributed by atoms with E-state index in [1.54, 1.807) is 6.92 Å². The molecule has 176 valence electrons. The maximum atomic E-state index is 12.1. The minimum atomic E-state index is -0.647. The fraction of sp³-hybridized carbons (Fsp3) is 0.920. The molecule has 4 rings (SSSR count). The molecule has 31 heavy (non-hydrogen) atoms. The van der Waals surface area contributed by atoms with Gasteiger partial charge >= 0.3 is 11.9 Å². The van der Waals surface area contributed by atoms with E-state index in [1.165, 1.54) is 13.8 Å². The maximum Gasteiger partial charge on any atom is 0.302 e. The van der Waals surface area contributed by atoms with Crippen LogP contribution >= 0.6 is 0 Å². The number of aliphatic hydroxyl groups is 2. The second-order valence-electron chi connectivity index (χ2n) is 11.4. The van der Waals surface area contributed by atoms with Crippen molar-refractivity contribution >= 4 is 11.9 Å². The van der Waals surface area contributed by atoms with Crippen LogP contribution in [0.3, 0.4) is 0 Å². The van der Waals surface area contributed by atoms with Gasteiger partial charge in [0, 0.05) is 25.2 Å². The summed E-state index contributed by atoms with van der Waals surface area (Å²) in [6, 6.07) is 0. The molecular formula is C25H40O6. The smallest absolute Gasteiger partial charge is 0.302 e. The fourth-order valence-electron chi connectivity index (χ4n) is 8.78. The summed E-state index contributed by atoms with van der Waals surface area (Å²) in [5, 5.41) is 21.5. The quantitative estimate of drug-likeness (QED) is 0.658. The predicted molar refractivity (Wildman–Crippen MR) is 115 cm³/mol. The Hall–Kier alpha value is -1.14. The van der Waals surface area contributed by atoms with Crippen LogP contribution in [0.5, 0.6) is 0 Å². The zero-order valence-electron chi connectivity index (χ0n) is 19.7. The van der Waals surface area contributed by atoms with Crippen LogP contribution in [0.15, 0.2) is 0 Å². The standard InChI is InChI=1S/C25H40O6/c1-13(26)23-21(29)11-20-18-7-6-16-10-17(30-14(2)27)8-9-24(16,4)19(18)12-22(25(20,23)5)31-15(3)28/h13,16-23,26,29H,6-12H2,1-5H3/t13-,16-,17-,18+,19-,20-,21-,22+,23-,24-,25+/m0/s1. The van der Waals surface area contributed by atoms with E-state index in [4.69, 9.17) is 9.47 Å². The molecule has 2 N–H and O–H groups in total. The largest absolute Gasteiger partial charge is 0.463 e. The average Bonchev–Trinajstić information content (AvgIpc) is 2.93. The minimum absolute atomic E-state index is 0.0122. The lowest BCUT2D eigenvalue weighted by Crippen LogP contribution is -2.60. The summed E-state index contributed by atoms with van der Waals surface area (Å²) in [6.45, 7) is 9.24. The van der Waals surface area contributed by atoms with Crippen molar-refractivity contribution in [2.75, 3.05) is 0 Å². The Morgan fingerprint density at radius 3 is 2.26 bits per heavy atom. The van der Waals surface area contributed by atoms with E-state index >= 15 is 0 Å². The normalized spacial score (nSPS) is 49.9. The maximum absolute atomic E-state index is 12.1. The highest BCUT2D eigenvalue weighted by molar-refractivity contribution is 5.66. The molecule has 4 aliphatic rings. The van der Waals surface area contributed by atoms with Crippen molar-refractivity contribution in [3.05, 3.63) is 0 Å². The molecule has 0 radical (unpaired) electrons. The molecule has 0 aromatic carbocycles. The fourth-order valence-corrected chi connectivity index (χ4v) is 8.78. The monoisotopic (exact) mass is 436 g/mol. The second kappa shape index (κ2) is 8.02. The van der Waals surface area contributed by atoms with Crippen LogP contribution in [0.2, 0.25) is 0 Å². The third kappa shape index (κ3) is 3.62. The number of aliphatic hydroxyl groups excluding tert-OH is 2. The molecular weight excluding hydrogens is 396 g/mol. The van der Waals surface area contributed by atoms with Crippen LogP contribution in [0.25, 0.3) is 0 Å². The van der Waals surface area contributed by atoms with Crippen molar-refractivity contribution in [2.24, 2.45) is 40.4 Å². The Balaban J connectivity index is 1.66. The lowest BCUT2D eigenvalue weighted by molar-refractivity contribution is -0.201. The van der Waals surface area contributed by atoms with Gasteiger partial charge in [-0.15, -0.1) is 0 Å². The number of fused-ring (bicyclic) bond motifs is 5. The Morgan fingerprint density at radius 1 is 0.968 bits per heavy atom. The van der Waals surface area contributed by atoms with Crippen molar-refractivity contribution in [3.8, 4) is 0 Å². The van der Waals surface area contributed by atoms with E-state index in [1.807, 2.05) is 0 Å². The lowest BCUT2D eigenvalue weighted by Gasteiger charge is -2.62. The molecule has 6 nitrogen and oxygen atoms in total. The van der Waals surface area contributed by atoms with E-state index in [0.29, 0.717) is 24.2 Å². The topological polar surface area (TPSA) is 93.1 Å². The van der Waals surface area contributed by atoms with Crippen molar-refractivity contribution in [3.63, 3.8) is 0 Å². The molecule has 4 saturated carbocycles. The van der Waals surface area contributed by atoms with Gasteiger partial charge in [-0.1, -0.05) is 13.8 Å². The van der Waals surface area contributed by atoms with E-state index in [9.17, 15) is 19.8 Å². The second-order valence-corrected chi connectivity index (χ2v) is 11.4. The lowest BCUT2D eigenvalue weighted by atomic mass is 9.44. The van der Waals surface area contributed by atoms with Crippen LogP contribution in [0.1, 0.15) is 79.6 Å². The summed E-state index contributed by atoms with van der Waals surface area (Å²) in [4.78, 5) is 23.6. The summed E-state index contributed by atoms with van der Waals surface area (Å²) in [7, 11) is 0. The molecule has 6 heteroatoms. The van der Waals surface area contributed by atoms with Gasteiger partial charge in [-0.05, 0) is 81.0 Å². The molecule has 0 unspecified atom stereocenters. The van der Waals surface area contributed by atoms with Gasteiger partial charge in [0.1, 0.15) is 12.2 Å². The van der Waals surface area contributed by atoms with Crippen molar-refractivity contribution in [1.29, 1.82) is 0 Å². The zero-order valence-corrected chi connectivity index (χ0v) is 19.7. The Bertz CT molecular complexity index is 721. The highest BCUT2D eigenvalue weighted by atomic mass is 16.5. The Morgan fingerprint density at radius 2 is 1.65 bits per heavy atom. The van der Waals surface area contributed by atoms with Crippen molar-refractivity contribution < 1.29 is 29.3 Å². The molecule has 0 bridgehead atoms. The number of hydrogen-bond donors (Lipinski definition) is 2. The Labute approximate surface area is 186 Å². The van der Waals surface area contributed by atoms with Gasteiger partial charge in [0.25, 0.3) is 0 Å². The Kier molecular flexibility index (Phi) is 5.96. The summed E-state index contributed by atoms with van der Waals surface area (Å²) >= 11 is 0. The van der Waals surface area contributed by atoms with Crippen LogP contribution in [0.4, 0.5) is 0 Å². The zero-order chi connectivity index (χ0) is 22.7. The van der Waals surface area contributed by atoms with Gasteiger partial charge in [0.15, 0.2) is 0 Å². The molecule has 0 saturated heterocycles. The van der Waals surface area contributed by atoms with E-state index < -0.39 is 17.6 Å². The van der Waals surface area contributed by atoms with Crippen molar-refractivity contribution in [2.45, 2.75) is 104 Å². The molecule has 0 aliphatic heterocycles. The van der Waals surface area contributed by atoms with Gasteiger partial charge in [0.05, 0.1) is 12.2 Å². The first-order valence-corrected chi connectivity index (χ1v) is 12.2. The van der Waals surface area contributed by atoms with Crippen LogP contribution in [-0.4, -0.2) is 46.6 Å². The van der Waals surface area contributed by atoms with E-state index in [0.717, 1.165) is 38.5 Å². The van der Waals surface area contributed by atoms with Crippen molar-refractivity contribution in [1.82, 2.24) is 0 Å². The molecule has 0 aromatic heterocycles. The van der Waals surface area contributed by atoms with Gasteiger partial charge in [-0.2, -0.15) is 0 Å². The third-order valence-corrected chi connectivity index (χ3v) is 9.96. The molecule has 11 atom stereocenters. The number of carbonyl (C=O) groups excluding carboxylic acids is 2. The summed E-state index contributed by atoms with van der Waals surface area (Å²) < 4.78 is 11.5. The first-order chi connectivity index (χ1) is 14.5. The van der Waals surface area contributed by atoms with Crippen LogP contribution in [-0.2, 0) is 19.1 Å². The number of ether oxygens (including phenoxy) is 2. The molecule has 0 aromatic rings. The average molecular weight is 437 g/mol. The molecule has 4 aliphatic carbocycles. The molecule has 0 amide bonds. The van der Waals surface area contributed by atoms with E-state index in [-0.39, 0.29) is 41.4 Å². The highest BCUT2D eigenvalue weighted by Crippen LogP contribution is 2.68. The SMILES string of the molecule is CC(=O)O[C@H]1CC[C@@]2(C)[C@@H](CC[C@@H]3[C@@H]2C[C@@H](OC(C)=O)[C@]2(C)[C@@H]([C@H](C)O)[C@@H](O)C[C@@H]32)C1. The summed E-state index contributed by atoms with van der Waals surface area (Å²) in [6.07, 6.45) is 4.96. The number of rotatable bonds is 3. The number of hydrogen-bond acceptors (Lipinski definition) is 6. The number of esters is 2. The molecule has 4 fully saturated rings. The summed E-state index contributed by atoms with van der Waals surface area (Å²) in [5.41, 5.74) is -0.300. The van der Waals surface area contributed by atoms with Gasteiger partial charge in [-0.3, -0.25) is 9.59 Å². The summed E-state index contributed by atoms with van der Waals surface area (Å²) in [5.74, 6) is 0.823. The molecule has 0 heterocycles. The first kappa shape index (κ1) is 23.0. The predicted octanol–water partition coefficient (Wildman–Crippen LogP) is 3.47. The van der Waals surface area contributed by atoms with Gasteiger partial charge < -0.3 is 19.7 Å². The van der Waals surface area contributed by atoms with Gasteiger partial charge in [-0.25, -0.2) is 0 Å². The van der Waals surface area contributed by atoms with Gasteiger partial charge in [0.2, 0.25) is 0 Å². The number of carbonyl (C=O) groups is 2. The van der Waals surface area contributed by atoms with Crippen LogP contribution < -0.4 is 0 Å².